The predicted octanol–water partition coefficient (Wildman–Crippen LogP) is 6.07. The van der Waals surface area contributed by atoms with E-state index in [-0.39, 0.29) is 0 Å². The highest BCUT2D eigenvalue weighted by molar-refractivity contribution is 5.09. The third kappa shape index (κ3) is 2.28. The number of rotatable bonds is 2. The average molecular weight is 319 g/mol. The van der Waals surface area contributed by atoms with Gasteiger partial charge in [0.2, 0.25) is 0 Å². The molecular formula is C22H38O. The summed E-state index contributed by atoms with van der Waals surface area (Å²) in [6.45, 7) is 7.79. The summed E-state index contributed by atoms with van der Waals surface area (Å²) in [6.07, 6.45) is 15.2. The molecule has 0 amide bonds. The third-order valence-electron chi connectivity index (χ3n) is 9.64. The molecule has 8 atom stereocenters. The van der Waals surface area contributed by atoms with E-state index < -0.39 is 0 Å². The van der Waals surface area contributed by atoms with Gasteiger partial charge in [-0.3, -0.25) is 0 Å². The first-order valence-corrected chi connectivity index (χ1v) is 10.6. The van der Waals surface area contributed by atoms with Crippen LogP contribution in [0.1, 0.15) is 85.0 Å². The zero-order valence-corrected chi connectivity index (χ0v) is 15.9. The van der Waals surface area contributed by atoms with Gasteiger partial charge in [0.25, 0.3) is 0 Å². The van der Waals surface area contributed by atoms with E-state index in [4.69, 9.17) is 4.74 Å². The van der Waals surface area contributed by atoms with Crippen molar-refractivity contribution in [2.24, 2.45) is 40.4 Å². The molecule has 4 rings (SSSR count). The Hall–Kier alpha value is -0.0400. The van der Waals surface area contributed by atoms with Gasteiger partial charge in [0, 0.05) is 7.11 Å². The molecule has 1 heteroatoms. The monoisotopic (exact) mass is 318 g/mol. The van der Waals surface area contributed by atoms with Crippen LogP contribution in [0.25, 0.3) is 0 Å². The third-order valence-corrected chi connectivity index (χ3v) is 9.64. The van der Waals surface area contributed by atoms with Crippen molar-refractivity contribution in [1.29, 1.82) is 0 Å². The van der Waals surface area contributed by atoms with E-state index in [1.807, 2.05) is 7.11 Å². The van der Waals surface area contributed by atoms with Gasteiger partial charge in [-0.15, -0.1) is 0 Å². The van der Waals surface area contributed by atoms with Crippen LogP contribution in [0, 0.1) is 40.4 Å². The van der Waals surface area contributed by atoms with Gasteiger partial charge in [-0.2, -0.15) is 0 Å². The summed E-state index contributed by atoms with van der Waals surface area (Å²) >= 11 is 0. The second-order valence-electron chi connectivity index (χ2n) is 10.0. The standard InChI is InChI=1S/C22H38O/c1-5-15-7-9-19-18-8-6-16-14-17(23-4)10-12-22(16,3)20(18)11-13-21(15,19)2/h15-20H,5-14H2,1-4H3/t15-,16-,17-,18-,19-,20-,21+,22-/m0/s1. The number of ether oxygens (including phenoxy) is 1. The lowest BCUT2D eigenvalue weighted by molar-refractivity contribution is -0.130. The Kier molecular flexibility index (Phi) is 4.11. The van der Waals surface area contributed by atoms with Crippen molar-refractivity contribution in [3.63, 3.8) is 0 Å². The molecule has 4 aliphatic rings. The molecule has 132 valence electrons. The number of hydrogen-bond acceptors (Lipinski definition) is 1. The molecule has 0 aromatic carbocycles. The molecule has 0 N–H and O–H groups in total. The quantitative estimate of drug-likeness (QED) is 0.600. The van der Waals surface area contributed by atoms with Gasteiger partial charge < -0.3 is 4.74 Å². The van der Waals surface area contributed by atoms with Gasteiger partial charge in [-0.05, 0) is 98.2 Å². The van der Waals surface area contributed by atoms with Gasteiger partial charge in [0.1, 0.15) is 0 Å². The summed E-state index contributed by atoms with van der Waals surface area (Å²) in [4.78, 5) is 0. The molecule has 0 unspecified atom stereocenters. The van der Waals surface area contributed by atoms with E-state index in [1.54, 1.807) is 0 Å². The lowest BCUT2D eigenvalue weighted by Gasteiger charge is -2.61. The summed E-state index contributed by atoms with van der Waals surface area (Å²) in [6, 6.07) is 0. The van der Waals surface area contributed by atoms with Crippen LogP contribution in [0.3, 0.4) is 0 Å². The molecule has 0 aromatic heterocycles. The molecule has 4 fully saturated rings. The van der Waals surface area contributed by atoms with Crippen LogP contribution in [0.5, 0.6) is 0 Å². The molecule has 0 heterocycles. The van der Waals surface area contributed by atoms with Crippen LogP contribution in [0.4, 0.5) is 0 Å². The first-order chi connectivity index (χ1) is 11.0. The minimum Gasteiger partial charge on any atom is -0.381 e. The Balaban J connectivity index is 1.58. The van der Waals surface area contributed by atoms with E-state index in [0.717, 1.165) is 29.6 Å². The van der Waals surface area contributed by atoms with Crippen LogP contribution in [0.15, 0.2) is 0 Å². The fourth-order valence-corrected chi connectivity index (χ4v) is 8.21. The van der Waals surface area contributed by atoms with Gasteiger partial charge in [0.05, 0.1) is 6.10 Å². The molecule has 0 spiro atoms. The van der Waals surface area contributed by atoms with Gasteiger partial charge in [-0.25, -0.2) is 0 Å². The Morgan fingerprint density at radius 2 is 1.61 bits per heavy atom. The van der Waals surface area contributed by atoms with Crippen molar-refractivity contribution in [1.82, 2.24) is 0 Å². The number of hydrogen-bond donors (Lipinski definition) is 0. The van der Waals surface area contributed by atoms with Crippen molar-refractivity contribution in [2.45, 2.75) is 91.1 Å². The summed E-state index contributed by atoms with van der Waals surface area (Å²) in [5, 5.41) is 0. The second-order valence-corrected chi connectivity index (χ2v) is 10.0. The fourth-order valence-electron chi connectivity index (χ4n) is 8.21. The lowest BCUT2D eigenvalue weighted by Crippen LogP contribution is -2.54. The molecular weight excluding hydrogens is 280 g/mol. The van der Waals surface area contributed by atoms with E-state index in [0.29, 0.717) is 16.9 Å². The SMILES string of the molecule is CC[C@H]1CC[C@H]2[C@@H]3CC[C@H]4C[C@@H](OC)CC[C@]4(C)[C@H]3CC[C@]12C. The van der Waals surface area contributed by atoms with Gasteiger partial charge in [-0.1, -0.05) is 27.2 Å². The van der Waals surface area contributed by atoms with Crippen molar-refractivity contribution in [3.05, 3.63) is 0 Å². The van der Waals surface area contributed by atoms with Crippen molar-refractivity contribution in [3.8, 4) is 0 Å². The zero-order valence-electron chi connectivity index (χ0n) is 15.9. The highest BCUT2D eigenvalue weighted by atomic mass is 16.5. The van der Waals surface area contributed by atoms with Crippen molar-refractivity contribution < 1.29 is 4.74 Å². The van der Waals surface area contributed by atoms with E-state index in [1.165, 1.54) is 64.2 Å². The topological polar surface area (TPSA) is 9.23 Å². The van der Waals surface area contributed by atoms with Crippen LogP contribution < -0.4 is 0 Å². The van der Waals surface area contributed by atoms with Crippen LogP contribution in [-0.4, -0.2) is 13.2 Å². The largest absolute Gasteiger partial charge is 0.381 e. The maximum Gasteiger partial charge on any atom is 0.0574 e. The first kappa shape index (κ1) is 16.4. The van der Waals surface area contributed by atoms with E-state index >= 15 is 0 Å². The molecule has 0 saturated heterocycles. The highest BCUT2D eigenvalue weighted by Crippen LogP contribution is 2.67. The molecule has 0 aliphatic heterocycles. The fraction of sp³-hybridized carbons (Fsp3) is 1.00. The maximum absolute atomic E-state index is 5.74. The summed E-state index contributed by atoms with van der Waals surface area (Å²) in [5.41, 5.74) is 1.31. The normalized spacial score (nSPS) is 55.8. The smallest absolute Gasteiger partial charge is 0.0574 e. The summed E-state index contributed by atoms with van der Waals surface area (Å²) < 4.78 is 5.74. The van der Waals surface area contributed by atoms with Gasteiger partial charge in [0.15, 0.2) is 0 Å². The van der Waals surface area contributed by atoms with Crippen LogP contribution >= 0.6 is 0 Å². The molecule has 4 aliphatic carbocycles. The first-order valence-electron chi connectivity index (χ1n) is 10.6. The molecule has 4 saturated carbocycles. The van der Waals surface area contributed by atoms with Gasteiger partial charge >= 0.3 is 0 Å². The zero-order chi connectivity index (χ0) is 16.2. The van der Waals surface area contributed by atoms with Crippen LogP contribution in [-0.2, 0) is 4.74 Å². The van der Waals surface area contributed by atoms with Crippen molar-refractivity contribution >= 4 is 0 Å². The summed E-state index contributed by atoms with van der Waals surface area (Å²) in [7, 11) is 1.93. The Bertz CT molecular complexity index is 445. The maximum atomic E-state index is 5.74. The molecule has 0 radical (unpaired) electrons. The average Bonchev–Trinajstić information content (AvgIpc) is 2.90. The molecule has 23 heavy (non-hydrogen) atoms. The van der Waals surface area contributed by atoms with E-state index in [2.05, 4.69) is 20.8 Å². The summed E-state index contributed by atoms with van der Waals surface area (Å²) in [5.74, 6) is 5.07. The Labute approximate surface area is 143 Å². The minimum absolute atomic E-state index is 0.550. The van der Waals surface area contributed by atoms with Crippen LogP contribution in [0.2, 0.25) is 0 Å². The number of fused-ring (bicyclic) bond motifs is 5. The predicted molar refractivity (Wildman–Crippen MR) is 96.3 cm³/mol. The minimum atomic E-state index is 0.550. The van der Waals surface area contributed by atoms with Crippen molar-refractivity contribution in [2.75, 3.05) is 7.11 Å². The molecule has 0 aromatic rings. The Morgan fingerprint density at radius 1 is 0.870 bits per heavy atom. The van der Waals surface area contributed by atoms with E-state index in [9.17, 15) is 0 Å². The molecule has 0 bridgehead atoms. The highest BCUT2D eigenvalue weighted by Gasteiger charge is 2.59. The lowest BCUT2D eigenvalue weighted by atomic mass is 9.44. The second kappa shape index (κ2) is 5.75. The molecule has 1 nitrogen and oxygen atoms in total. The Morgan fingerprint density at radius 3 is 2.35 bits per heavy atom. The number of methoxy groups -OCH3 is 1.